The van der Waals surface area contributed by atoms with Gasteiger partial charge in [0.25, 0.3) is 0 Å². The van der Waals surface area contributed by atoms with Crippen LogP contribution in [0, 0.1) is 5.82 Å². The van der Waals surface area contributed by atoms with Crippen LogP contribution in [0.25, 0.3) is 0 Å². The van der Waals surface area contributed by atoms with E-state index in [2.05, 4.69) is 0 Å². The van der Waals surface area contributed by atoms with E-state index in [1.54, 1.807) is 6.07 Å². The lowest BCUT2D eigenvalue weighted by Crippen LogP contribution is -1.99. The van der Waals surface area contributed by atoms with E-state index in [1.807, 2.05) is 30.3 Å². The van der Waals surface area contributed by atoms with E-state index in [9.17, 15) is 9.50 Å². The Kier molecular flexibility index (Phi) is 3.95. The van der Waals surface area contributed by atoms with Gasteiger partial charge in [-0.2, -0.15) is 0 Å². The zero-order valence-electron chi connectivity index (χ0n) is 10.1. The molecular formula is C15H15FO2. The van der Waals surface area contributed by atoms with Crippen molar-refractivity contribution in [2.45, 2.75) is 19.6 Å². The molecule has 1 atom stereocenters. The maximum Gasteiger partial charge on any atom is 0.129 e. The Morgan fingerprint density at radius 3 is 2.56 bits per heavy atom. The van der Waals surface area contributed by atoms with Crippen molar-refractivity contribution >= 4 is 0 Å². The van der Waals surface area contributed by atoms with E-state index in [0.717, 1.165) is 5.56 Å². The van der Waals surface area contributed by atoms with Gasteiger partial charge in [0.05, 0.1) is 6.10 Å². The maximum absolute atomic E-state index is 13.4. The highest BCUT2D eigenvalue weighted by Gasteiger charge is 2.09. The van der Waals surface area contributed by atoms with Crippen molar-refractivity contribution < 1.29 is 14.2 Å². The molecule has 2 nitrogen and oxygen atoms in total. The average Bonchev–Trinajstić information content (AvgIpc) is 2.38. The molecule has 2 aromatic carbocycles. The fourth-order valence-corrected chi connectivity index (χ4v) is 1.67. The molecule has 0 aliphatic rings. The molecule has 0 aliphatic heterocycles. The summed E-state index contributed by atoms with van der Waals surface area (Å²) in [7, 11) is 0. The third-order valence-corrected chi connectivity index (χ3v) is 2.67. The summed E-state index contributed by atoms with van der Waals surface area (Å²) in [6, 6.07) is 14.1. The second-order valence-corrected chi connectivity index (χ2v) is 4.13. The summed E-state index contributed by atoms with van der Waals surface area (Å²) in [4.78, 5) is 0. The van der Waals surface area contributed by atoms with E-state index in [4.69, 9.17) is 4.74 Å². The number of rotatable bonds is 4. The summed E-state index contributed by atoms with van der Waals surface area (Å²) in [5.74, 6) is 0.133. The van der Waals surface area contributed by atoms with Crippen molar-refractivity contribution in [2.75, 3.05) is 0 Å². The van der Waals surface area contributed by atoms with Gasteiger partial charge >= 0.3 is 0 Å². The summed E-state index contributed by atoms with van der Waals surface area (Å²) in [6.07, 6.45) is -0.842. The first-order valence-corrected chi connectivity index (χ1v) is 5.81. The smallest absolute Gasteiger partial charge is 0.129 e. The summed E-state index contributed by atoms with van der Waals surface area (Å²) < 4.78 is 18.9. The highest BCUT2D eigenvalue weighted by molar-refractivity contribution is 5.31. The Hall–Kier alpha value is -1.87. The molecule has 2 rings (SSSR count). The Labute approximate surface area is 106 Å². The molecule has 0 fully saturated rings. The number of aliphatic hydroxyl groups excluding tert-OH is 1. The van der Waals surface area contributed by atoms with Crippen molar-refractivity contribution in [2.24, 2.45) is 0 Å². The van der Waals surface area contributed by atoms with Crippen LogP contribution < -0.4 is 4.74 Å². The number of aliphatic hydroxyl groups is 1. The lowest BCUT2D eigenvalue weighted by atomic mass is 10.1. The Morgan fingerprint density at radius 1 is 1.17 bits per heavy atom. The largest absolute Gasteiger partial charge is 0.489 e. The van der Waals surface area contributed by atoms with Crippen molar-refractivity contribution in [1.29, 1.82) is 0 Å². The van der Waals surface area contributed by atoms with Crippen molar-refractivity contribution in [3.05, 3.63) is 65.5 Å². The summed E-state index contributed by atoms with van der Waals surface area (Å²) in [5, 5.41) is 9.42. The maximum atomic E-state index is 13.4. The molecule has 0 aromatic heterocycles. The molecule has 0 saturated heterocycles. The molecule has 0 spiro atoms. The van der Waals surface area contributed by atoms with Crippen LogP contribution in [0.1, 0.15) is 24.2 Å². The highest BCUT2D eigenvalue weighted by atomic mass is 19.1. The second kappa shape index (κ2) is 5.65. The first-order chi connectivity index (χ1) is 8.66. The summed E-state index contributed by atoms with van der Waals surface area (Å²) in [6.45, 7) is 1.95. The number of ether oxygens (including phenoxy) is 1. The van der Waals surface area contributed by atoms with Crippen LogP contribution in [0.2, 0.25) is 0 Å². The van der Waals surface area contributed by atoms with Gasteiger partial charge in [0.15, 0.2) is 0 Å². The van der Waals surface area contributed by atoms with Gasteiger partial charge in [0.2, 0.25) is 0 Å². The van der Waals surface area contributed by atoms with Gasteiger partial charge in [-0.05, 0) is 30.7 Å². The topological polar surface area (TPSA) is 29.5 Å². The molecule has 1 N–H and O–H groups in total. The highest BCUT2D eigenvalue weighted by Crippen LogP contribution is 2.23. The molecule has 94 valence electrons. The molecule has 0 amide bonds. The molecule has 0 heterocycles. The van der Waals surface area contributed by atoms with Gasteiger partial charge in [0, 0.05) is 5.56 Å². The predicted octanol–water partition coefficient (Wildman–Crippen LogP) is 3.46. The van der Waals surface area contributed by atoms with Crippen molar-refractivity contribution in [1.82, 2.24) is 0 Å². The third kappa shape index (κ3) is 3.08. The van der Waals surface area contributed by atoms with Crippen molar-refractivity contribution in [3.63, 3.8) is 0 Å². The summed E-state index contributed by atoms with van der Waals surface area (Å²) in [5.41, 5.74) is 1.29. The molecule has 2 aromatic rings. The lowest BCUT2D eigenvalue weighted by molar-refractivity contribution is 0.193. The second-order valence-electron chi connectivity index (χ2n) is 4.13. The van der Waals surface area contributed by atoms with Crippen LogP contribution in [-0.2, 0) is 6.61 Å². The van der Waals surface area contributed by atoms with Gasteiger partial charge < -0.3 is 9.84 Å². The molecular weight excluding hydrogens is 231 g/mol. The quantitative estimate of drug-likeness (QED) is 0.895. The molecule has 0 aliphatic carbocycles. The zero-order valence-corrected chi connectivity index (χ0v) is 10.1. The Bertz CT molecular complexity index is 509. The van der Waals surface area contributed by atoms with Gasteiger partial charge in [-0.25, -0.2) is 4.39 Å². The normalized spacial score (nSPS) is 12.2. The minimum absolute atomic E-state index is 0.251. The van der Waals surface area contributed by atoms with Crippen LogP contribution in [-0.4, -0.2) is 5.11 Å². The predicted molar refractivity (Wildman–Crippen MR) is 67.8 cm³/mol. The fraction of sp³-hybridized carbons (Fsp3) is 0.200. The molecule has 18 heavy (non-hydrogen) atoms. The van der Waals surface area contributed by atoms with Gasteiger partial charge in [-0.1, -0.05) is 30.3 Å². The van der Waals surface area contributed by atoms with Gasteiger partial charge in [0.1, 0.15) is 18.2 Å². The number of hydrogen-bond donors (Lipinski definition) is 1. The number of hydrogen-bond acceptors (Lipinski definition) is 2. The molecule has 1 unspecified atom stereocenters. The van der Waals surface area contributed by atoms with E-state index in [-0.39, 0.29) is 5.56 Å². The minimum Gasteiger partial charge on any atom is -0.489 e. The van der Waals surface area contributed by atoms with Gasteiger partial charge in [-0.15, -0.1) is 0 Å². The third-order valence-electron chi connectivity index (χ3n) is 2.67. The SMILES string of the molecule is CC(O)c1cc(OCc2ccccc2)ccc1F. The molecule has 0 saturated carbocycles. The Morgan fingerprint density at radius 2 is 1.89 bits per heavy atom. The Balaban J connectivity index is 2.08. The van der Waals surface area contributed by atoms with E-state index in [1.165, 1.54) is 19.1 Å². The van der Waals surface area contributed by atoms with Crippen LogP contribution in [0.15, 0.2) is 48.5 Å². The summed E-state index contributed by atoms with van der Waals surface area (Å²) >= 11 is 0. The molecule has 0 bridgehead atoms. The van der Waals surface area contributed by atoms with E-state index in [0.29, 0.717) is 12.4 Å². The molecule has 3 heteroatoms. The minimum atomic E-state index is -0.842. The fourth-order valence-electron chi connectivity index (χ4n) is 1.67. The van der Waals surface area contributed by atoms with Crippen LogP contribution in [0.3, 0.4) is 0 Å². The first kappa shape index (κ1) is 12.6. The molecule has 0 radical (unpaired) electrons. The van der Waals surface area contributed by atoms with E-state index < -0.39 is 11.9 Å². The van der Waals surface area contributed by atoms with Gasteiger partial charge in [-0.3, -0.25) is 0 Å². The van der Waals surface area contributed by atoms with E-state index >= 15 is 0 Å². The lowest BCUT2D eigenvalue weighted by Gasteiger charge is -2.10. The first-order valence-electron chi connectivity index (χ1n) is 5.81. The van der Waals surface area contributed by atoms with Crippen molar-refractivity contribution in [3.8, 4) is 5.75 Å². The van der Waals surface area contributed by atoms with Crippen LogP contribution in [0.5, 0.6) is 5.75 Å². The van der Waals surface area contributed by atoms with Crippen LogP contribution >= 0.6 is 0 Å². The average molecular weight is 246 g/mol. The standard InChI is InChI=1S/C15H15FO2/c1-11(17)14-9-13(7-8-15(14)16)18-10-12-5-3-2-4-6-12/h2-9,11,17H,10H2,1H3. The number of halogens is 1. The number of benzene rings is 2. The zero-order chi connectivity index (χ0) is 13.0. The van der Waals surface area contributed by atoms with Crippen LogP contribution in [0.4, 0.5) is 4.39 Å². The monoisotopic (exact) mass is 246 g/mol.